The summed E-state index contributed by atoms with van der Waals surface area (Å²) in [6.45, 7) is 6.69. The molecule has 3 rings (SSSR count). The molecular formula is C20H21N5O3. The van der Waals surface area contributed by atoms with Crippen molar-refractivity contribution >= 4 is 22.9 Å². The quantitative estimate of drug-likeness (QED) is 0.498. The molecule has 0 radical (unpaired) electrons. The van der Waals surface area contributed by atoms with Crippen LogP contribution in [0.25, 0.3) is 16.9 Å². The molecule has 1 aromatic carbocycles. The second-order valence-electron chi connectivity index (χ2n) is 7.07. The predicted molar refractivity (Wildman–Crippen MR) is 106 cm³/mol. The molecule has 8 nitrogen and oxygen atoms in total. The van der Waals surface area contributed by atoms with Crippen molar-refractivity contribution in [3.8, 4) is 23.3 Å². The van der Waals surface area contributed by atoms with Crippen LogP contribution < -0.4 is 11.5 Å². The van der Waals surface area contributed by atoms with E-state index in [9.17, 15) is 15.0 Å². The highest BCUT2D eigenvalue weighted by Gasteiger charge is 2.25. The highest BCUT2D eigenvalue weighted by Crippen LogP contribution is 2.34. The zero-order valence-corrected chi connectivity index (χ0v) is 16.0. The topological polar surface area (TPSA) is 140 Å². The van der Waals surface area contributed by atoms with Gasteiger partial charge < -0.3 is 21.7 Å². The summed E-state index contributed by atoms with van der Waals surface area (Å²) < 4.78 is 1.54. The maximum Gasteiger partial charge on any atom is 0.254 e. The molecule has 0 bridgehead atoms. The Morgan fingerprint density at radius 3 is 2.57 bits per heavy atom. The van der Waals surface area contributed by atoms with Gasteiger partial charge in [-0.15, -0.1) is 0 Å². The molecule has 0 spiro atoms. The monoisotopic (exact) mass is 379 g/mol. The number of hydrogen-bond acceptors (Lipinski definition) is 6. The van der Waals surface area contributed by atoms with Crippen LogP contribution in [0.4, 0.5) is 5.82 Å². The van der Waals surface area contributed by atoms with Gasteiger partial charge in [0.05, 0.1) is 11.9 Å². The number of nitrogens with zero attached hydrogens (tertiary/aromatic N) is 3. The number of aliphatic hydroxyl groups is 1. The minimum atomic E-state index is -1.20. The summed E-state index contributed by atoms with van der Waals surface area (Å²) in [4.78, 5) is 20.8. The summed E-state index contributed by atoms with van der Waals surface area (Å²) in [5, 5.41) is 20.0. The van der Waals surface area contributed by atoms with Crippen molar-refractivity contribution in [2.75, 3.05) is 5.73 Å². The van der Waals surface area contributed by atoms with Crippen LogP contribution in [0.2, 0.25) is 0 Å². The number of nitrogens with two attached hydrogens (primary N) is 2. The summed E-state index contributed by atoms with van der Waals surface area (Å²) >= 11 is 0. The number of benzene rings is 1. The van der Waals surface area contributed by atoms with E-state index >= 15 is 0 Å². The average Bonchev–Trinajstić information content (AvgIpc) is 2.88. The molecule has 28 heavy (non-hydrogen) atoms. The Balaban J connectivity index is 2.42. The number of hydrogen-bond donors (Lipinski definition) is 4. The summed E-state index contributed by atoms with van der Waals surface area (Å²) in [7, 11) is 0. The number of phenolic OH excluding ortho intramolecular Hbond substituents is 1. The van der Waals surface area contributed by atoms with Crippen LogP contribution in [0.3, 0.4) is 0 Å². The van der Waals surface area contributed by atoms with Crippen molar-refractivity contribution in [1.29, 1.82) is 0 Å². The molecule has 0 aliphatic rings. The van der Waals surface area contributed by atoms with Gasteiger partial charge in [0.2, 0.25) is 0 Å². The maximum absolute atomic E-state index is 12.0. The number of fused-ring (bicyclic) bond motifs is 1. The van der Waals surface area contributed by atoms with Crippen LogP contribution in [0, 0.1) is 25.7 Å². The number of carbonyl (C=O) groups excluding carboxylic acids is 1. The highest BCUT2D eigenvalue weighted by atomic mass is 16.3. The Morgan fingerprint density at radius 1 is 1.29 bits per heavy atom. The third kappa shape index (κ3) is 3.23. The van der Waals surface area contributed by atoms with E-state index in [0.717, 1.165) is 5.56 Å². The Hall–Kier alpha value is -3.57. The molecule has 2 heterocycles. The molecule has 3 aromatic rings. The van der Waals surface area contributed by atoms with E-state index in [1.54, 1.807) is 37.5 Å². The number of aromatic hydroxyl groups is 1. The van der Waals surface area contributed by atoms with Gasteiger partial charge in [0.1, 0.15) is 33.9 Å². The van der Waals surface area contributed by atoms with Gasteiger partial charge in [-0.25, -0.2) is 9.97 Å². The number of anilines is 1. The Morgan fingerprint density at radius 2 is 1.96 bits per heavy atom. The molecule has 2 aromatic heterocycles. The van der Waals surface area contributed by atoms with E-state index in [4.69, 9.17) is 11.5 Å². The van der Waals surface area contributed by atoms with E-state index in [2.05, 4.69) is 21.8 Å². The first-order valence-corrected chi connectivity index (χ1v) is 8.53. The predicted octanol–water partition coefficient (Wildman–Crippen LogP) is 1.55. The van der Waals surface area contributed by atoms with Crippen molar-refractivity contribution < 1.29 is 15.0 Å². The number of phenols is 1. The normalized spacial score (nSPS) is 11.3. The van der Waals surface area contributed by atoms with Crippen molar-refractivity contribution in [3.05, 3.63) is 40.7 Å². The van der Waals surface area contributed by atoms with Gasteiger partial charge in [-0.1, -0.05) is 12.0 Å². The molecule has 0 saturated carbocycles. The van der Waals surface area contributed by atoms with Crippen LogP contribution in [-0.4, -0.2) is 36.3 Å². The lowest BCUT2D eigenvalue weighted by molar-refractivity contribution is 0.100. The van der Waals surface area contributed by atoms with Crippen molar-refractivity contribution in [1.82, 2.24) is 14.5 Å². The largest absolute Gasteiger partial charge is 0.508 e. The third-order valence-corrected chi connectivity index (χ3v) is 4.27. The van der Waals surface area contributed by atoms with Gasteiger partial charge in [0.25, 0.3) is 5.91 Å². The van der Waals surface area contributed by atoms with Gasteiger partial charge >= 0.3 is 0 Å². The maximum atomic E-state index is 12.0. The smallest absolute Gasteiger partial charge is 0.254 e. The van der Waals surface area contributed by atoms with Crippen LogP contribution in [0.15, 0.2) is 18.3 Å². The molecule has 0 aliphatic carbocycles. The Bertz CT molecular complexity index is 1180. The molecular weight excluding hydrogens is 358 g/mol. The number of aromatic nitrogens is 3. The number of nitrogen functional groups attached to an aromatic ring is 1. The fraction of sp³-hybridized carbons (Fsp3) is 0.250. The van der Waals surface area contributed by atoms with Crippen LogP contribution >= 0.6 is 0 Å². The first kappa shape index (κ1) is 19.2. The lowest BCUT2D eigenvalue weighted by Gasteiger charge is -2.15. The molecule has 1 amide bonds. The molecule has 0 unspecified atom stereocenters. The van der Waals surface area contributed by atoms with E-state index in [1.165, 1.54) is 6.20 Å². The van der Waals surface area contributed by atoms with Gasteiger partial charge in [0, 0.05) is 5.56 Å². The minimum absolute atomic E-state index is 0.0478. The van der Waals surface area contributed by atoms with Gasteiger partial charge in [-0.05, 0) is 45.2 Å². The van der Waals surface area contributed by atoms with E-state index in [0.29, 0.717) is 16.9 Å². The van der Waals surface area contributed by atoms with Gasteiger partial charge in [-0.3, -0.25) is 9.36 Å². The molecule has 8 heteroatoms. The number of rotatable bonds is 2. The number of carbonyl (C=O) groups is 1. The second-order valence-corrected chi connectivity index (χ2v) is 7.07. The highest BCUT2D eigenvalue weighted by molar-refractivity contribution is 6.09. The van der Waals surface area contributed by atoms with Crippen molar-refractivity contribution in [3.63, 3.8) is 0 Å². The van der Waals surface area contributed by atoms with Crippen LogP contribution in [-0.2, 0) is 0 Å². The first-order chi connectivity index (χ1) is 13.0. The molecule has 0 atom stereocenters. The summed E-state index contributed by atoms with van der Waals surface area (Å²) in [5.74, 6) is 4.85. The van der Waals surface area contributed by atoms with Gasteiger partial charge in [-0.2, -0.15) is 0 Å². The molecule has 0 saturated heterocycles. The second kappa shape index (κ2) is 6.55. The molecule has 0 fully saturated rings. The first-order valence-electron chi connectivity index (χ1n) is 8.53. The van der Waals surface area contributed by atoms with Crippen molar-refractivity contribution in [2.24, 2.45) is 5.73 Å². The van der Waals surface area contributed by atoms with E-state index < -0.39 is 11.5 Å². The molecule has 6 N–H and O–H groups in total. The SMILES string of the molecule is Cc1ccc(O)c(C)c1-n1c(N)c(C(N)=O)c2ncc(C#CC(C)(C)O)nc21. The van der Waals surface area contributed by atoms with Crippen molar-refractivity contribution in [2.45, 2.75) is 33.3 Å². The summed E-state index contributed by atoms with van der Waals surface area (Å²) in [6, 6.07) is 3.31. The fourth-order valence-corrected chi connectivity index (χ4v) is 2.97. The standard InChI is InChI=1S/C20H21N5O3/c1-10-5-6-13(26)11(2)16(10)25-17(21)14(18(22)27)15-19(25)24-12(9-23-15)7-8-20(3,4)28/h5-6,9,26,28H,21H2,1-4H3,(H2,22,27). The lowest BCUT2D eigenvalue weighted by atomic mass is 10.1. The Labute approximate surface area is 161 Å². The van der Waals surface area contributed by atoms with Crippen LogP contribution in [0.5, 0.6) is 5.75 Å². The molecule has 144 valence electrons. The molecule has 0 aliphatic heterocycles. The van der Waals surface area contributed by atoms with E-state index in [1.807, 2.05) is 6.92 Å². The van der Waals surface area contributed by atoms with Gasteiger partial charge in [0.15, 0.2) is 5.65 Å². The zero-order valence-electron chi connectivity index (χ0n) is 16.0. The minimum Gasteiger partial charge on any atom is -0.508 e. The van der Waals surface area contributed by atoms with E-state index in [-0.39, 0.29) is 28.3 Å². The lowest BCUT2D eigenvalue weighted by Crippen LogP contribution is -2.14. The number of primary amides is 1. The fourth-order valence-electron chi connectivity index (χ4n) is 2.97. The number of aryl methyl sites for hydroxylation is 1. The summed E-state index contributed by atoms with van der Waals surface area (Å²) in [5.41, 5.74) is 13.4. The van der Waals surface area contributed by atoms with Crippen LogP contribution in [0.1, 0.15) is 41.0 Å². The Kier molecular flexibility index (Phi) is 4.49. The number of amides is 1. The summed E-state index contributed by atoms with van der Waals surface area (Å²) in [6.07, 6.45) is 1.39. The third-order valence-electron chi connectivity index (χ3n) is 4.27. The zero-order chi connectivity index (χ0) is 20.8. The average molecular weight is 379 g/mol.